The van der Waals surface area contributed by atoms with E-state index in [1.165, 1.54) is 44.9 Å². The Morgan fingerprint density at radius 1 is 0.818 bits per heavy atom. The van der Waals surface area contributed by atoms with E-state index in [4.69, 9.17) is 18.0 Å². The summed E-state index contributed by atoms with van der Waals surface area (Å²) in [7, 11) is -2.40. The first-order valence-corrected chi connectivity index (χ1v) is 11.2. The van der Waals surface area contributed by atoms with E-state index >= 15 is 0 Å². The van der Waals surface area contributed by atoms with Gasteiger partial charge in [-0.2, -0.15) is 0 Å². The van der Waals surface area contributed by atoms with E-state index in [0.29, 0.717) is 25.9 Å². The van der Waals surface area contributed by atoms with Crippen LogP contribution in [0.15, 0.2) is 0 Å². The molecule has 1 aliphatic rings. The lowest BCUT2D eigenvalue weighted by atomic mass is 10.0. The van der Waals surface area contributed by atoms with Gasteiger partial charge in [-0.05, 0) is 40.0 Å². The molecule has 0 aliphatic carbocycles. The van der Waals surface area contributed by atoms with E-state index in [-0.39, 0.29) is 0 Å². The van der Waals surface area contributed by atoms with Crippen molar-refractivity contribution in [2.24, 2.45) is 0 Å². The molecule has 1 unspecified atom stereocenters. The van der Waals surface area contributed by atoms with Crippen LogP contribution in [0.3, 0.4) is 0 Å². The average Bonchev–Trinajstić information content (AvgIpc) is 2.44. The highest BCUT2D eigenvalue weighted by molar-refractivity contribution is 6.60. The number of hydrogen-bond acceptors (Lipinski definition) is 4. The minimum Gasteiger partial charge on any atom is -0.378 e. The minimum absolute atomic E-state index is 0.579. The van der Waals surface area contributed by atoms with Crippen molar-refractivity contribution in [1.82, 2.24) is 0 Å². The lowest BCUT2D eigenvalue weighted by molar-refractivity contribution is -0.0556. The zero-order valence-electron chi connectivity index (χ0n) is 14.9. The molecular weight excluding hydrogens is 296 g/mol. The second-order valence-electron chi connectivity index (χ2n) is 5.92. The van der Waals surface area contributed by atoms with Crippen LogP contribution in [0.25, 0.3) is 0 Å². The predicted octanol–water partition coefficient (Wildman–Crippen LogP) is 4.55. The van der Waals surface area contributed by atoms with Crippen molar-refractivity contribution >= 4 is 8.80 Å². The van der Waals surface area contributed by atoms with E-state index in [9.17, 15) is 0 Å². The molecule has 0 aromatic carbocycles. The quantitative estimate of drug-likeness (QED) is 0.325. The Balaban J connectivity index is 2.05. The normalized spacial score (nSPS) is 18.4. The average molecular weight is 333 g/mol. The molecule has 0 bridgehead atoms. The molecule has 132 valence electrons. The minimum atomic E-state index is -2.40. The van der Waals surface area contributed by atoms with Crippen LogP contribution in [-0.2, 0) is 18.0 Å². The first-order chi connectivity index (χ1) is 10.8. The van der Waals surface area contributed by atoms with Crippen LogP contribution in [0, 0.1) is 0 Å². The summed E-state index contributed by atoms with van der Waals surface area (Å²) in [5.41, 5.74) is 0. The fourth-order valence-corrected chi connectivity index (χ4v) is 5.62. The van der Waals surface area contributed by atoms with Crippen molar-refractivity contribution in [3.63, 3.8) is 0 Å². The maximum absolute atomic E-state index is 5.88. The zero-order chi connectivity index (χ0) is 16.1. The van der Waals surface area contributed by atoms with Crippen LogP contribution in [0.2, 0.25) is 6.04 Å². The topological polar surface area (TPSA) is 36.9 Å². The van der Waals surface area contributed by atoms with Crippen LogP contribution in [0.5, 0.6) is 0 Å². The van der Waals surface area contributed by atoms with Gasteiger partial charge in [0, 0.05) is 32.5 Å². The second-order valence-corrected chi connectivity index (χ2v) is 8.66. The Morgan fingerprint density at radius 3 is 1.77 bits per heavy atom. The molecule has 1 rings (SSSR count). The molecule has 0 spiro atoms. The second kappa shape index (κ2) is 12.5. The summed E-state index contributed by atoms with van der Waals surface area (Å²) in [6.45, 7) is 9.07. The van der Waals surface area contributed by atoms with Crippen LogP contribution in [-0.4, -0.2) is 41.3 Å². The van der Waals surface area contributed by atoms with E-state index in [1.54, 1.807) is 0 Å². The van der Waals surface area contributed by atoms with Gasteiger partial charge in [0.25, 0.3) is 0 Å². The molecule has 0 aromatic rings. The van der Waals surface area contributed by atoms with Crippen molar-refractivity contribution in [2.75, 3.05) is 26.4 Å². The molecule has 5 heteroatoms. The summed E-state index contributed by atoms with van der Waals surface area (Å²) in [4.78, 5) is 0. The fraction of sp³-hybridized carbons (Fsp3) is 1.00. The van der Waals surface area contributed by atoms with Crippen LogP contribution in [0.4, 0.5) is 0 Å². The summed E-state index contributed by atoms with van der Waals surface area (Å²) < 4.78 is 23.1. The highest BCUT2D eigenvalue weighted by Gasteiger charge is 2.39. The molecule has 0 N–H and O–H groups in total. The molecule has 0 saturated carbocycles. The van der Waals surface area contributed by atoms with E-state index < -0.39 is 8.80 Å². The first kappa shape index (κ1) is 20.1. The maximum atomic E-state index is 5.88. The van der Waals surface area contributed by atoms with Gasteiger partial charge in [0.15, 0.2) is 0 Å². The molecule has 1 heterocycles. The van der Waals surface area contributed by atoms with Gasteiger partial charge in [-0.3, -0.25) is 0 Å². The van der Waals surface area contributed by atoms with Gasteiger partial charge in [-0.15, -0.1) is 0 Å². The van der Waals surface area contributed by atoms with E-state index in [2.05, 4.69) is 0 Å². The van der Waals surface area contributed by atoms with Crippen molar-refractivity contribution in [3.05, 3.63) is 0 Å². The number of ether oxygens (including phenoxy) is 1. The monoisotopic (exact) mass is 332 g/mol. The first-order valence-electron chi connectivity index (χ1n) is 9.29. The largest absolute Gasteiger partial charge is 0.500 e. The third-order valence-electron chi connectivity index (χ3n) is 4.15. The molecule has 1 fully saturated rings. The van der Waals surface area contributed by atoms with Crippen LogP contribution in [0.1, 0.15) is 72.1 Å². The van der Waals surface area contributed by atoms with Crippen molar-refractivity contribution in [2.45, 2.75) is 84.3 Å². The van der Waals surface area contributed by atoms with Gasteiger partial charge in [0.1, 0.15) is 0 Å². The van der Waals surface area contributed by atoms with Gasteiger partial charge < -0.3 is 18.0 Å². The fourth-order valence-electron chi connectivity index (χ4n) is 2.93. The molecule has 1 saturated heterocycles. The predicted molar refractivity (Wildman–Crippen MR) is 92.1 cm³/mol. The lowest BCUT2D eigenvalue weighted by Crippen LogP contribution is -2.45. The van der Waals surface area contributed by atoms with Crippen LogP contribution >= 0.6 is 0 Å². The number of unbranched alkanes of at least 4 members (excludes halogenated alkanes) is 5. The van der Waals surface area contributed by atoms with Crippen molar-refractivity contribution in [3.8, 4) is 0 Å². The third-order valence-corrected chi connectivity index (χ3v) is 7.30. The van der Waals surface area contributed by atoms with Gasteiger partial charge in [-0.1, -0.05) is 32.1 Å². The summed E-state index contributed by atoms with van der Waals surface area (Å²) >= 11 is 0. The SMILES string of the molecule is CCO[Si](CCCCCCCCC1CCO1)(OCC)OCC. The standard InChI is InChI=1S/C17H36O4Si/c1-4-19-22(20-5-2,21-6-3)16-12-10-8-7-9-11-13-17-14-15-18-17/h17H,4-16H2,1-3H3. The van der Waals surface area contributed by atoms with Gasteiger partial charge in [0.05, 0.1) is 6.10 Å². The number of rotatable bonds is 15. The maximum Gasteiger partial charge on any atom is 0.500 e. The number of hydrogen-bond donors (Lipinski definition) is 0. The Kier molecular flexibility index (Phi) is 11.4. The Morgan fingerprint density at radius 2 is 1.32 bits per heavy atom. The van der Waals surface area contributed by atoms with Crippen LogP contribution < -0.4 is 0 Å². The highest BCUT2D eigenvalue weighted by atomic mass is 28.4. The van der Waals surface area contributed by atoms with E-state index in [1.807, 2.05) is 20.8 Å². The summed E-state index contributed by atoms with van der Waals surface area (Å²) in [5.74, 6) is 0. The van der Waals surface area contributed by atoms with Crippen molar-refractivity contribution in [1.29, 1.82) is 0 Å². The molecule has 0 aromatic heterocycles. The molecule has 0 radical (unpaired) electrons. The molecular formula is C17H36O4Si. The third kappa shape index (κ3) is 8.06. The summed E-state index contributed by atoms with van der Waals surface area (Å²) in [6, 6.07) is 0.957. The lowest BCUT2D eigenvalue weighted by Gasteiger charge is -2.28. The molecule has 1 atom stereocenters. The highest BCUT2D eigenvalue weighted by Crippen LogP contribution is 2.22. The molecule has 22 heavy (non-hydrogen) atoms. The van der Waals surface area contributed by atoms with Gasteiger partial charge >= 0.3 is 8.80 Å². The molecule has 4 nitrogen and oxygen atoms in total. The van der Waals surface area contributed by atoms with Gasteiger partial charge in [0.2, 0.25) is 0 Å². The van der Waals surface area contributed by atoms with Gasteiger partial charge in [-0.25, -0.2) is 0 Å². The molecule has 1 aliphatic heterocycles. The zero-order valence-corrected chi connectivity index (χ0v) is 15.9. The van der Waals surface area contributed by atoms with E-state index in [0.717, 1.165) is 19.1 Å². The smallest absolute Gasteiger partial charge is 0.378 e. The Labute approximate surface area is 138 Å². The Hall–Kier alpha value is 0.0569. The van der Waals surface area contributed by atoms with Crippen molar-refractivity contribution < 1.29 is 18.0 Å². The Bertz CT molecular complexity index is 242. The summed E-state index contributed by atoms with van der Waals surface area (Å²) in [6.07, 6.45) is 10.8. The summed E-state index contributed by atoms with van der Waals surface area (Å²) in [5, 5.41) is 0. The molecule has 0 amide bonds.